The van der Waals surface area contributed by atoms with E-state index >= 15 is 0 Å². The molecule has 37 heavy (non-hydrogen) atoms. The number of anilines is 1. The third-order valence-corrected chi connectivity index (χ3v) is 7.96. The average Bonchev–Trinajstić information content (AvgIpc) is 3.18. The van der Waals surface area contributed by atoms with Gasteiger partial charge in [-0.05, 0) is 55.9 Å². The summed E-state index contributed by atoms with van der Waals surface area (Å²) in [5, 5.41) is 8.05. The average molecular weight is 515 g/mol. The molecule has 2 aliphatic heterocycles. The monoisotopic (exact) mass is 514 g/mol. The molecule has 0 bridgehead atoms. The summed E-state index contributed by atoms with van der Waals surface area (Å²) in [7, 11) is 0. The van der Waals surface area contributed by atoms with Crippen LogP contribution in [0.4, 0.5) is 23.4 Å². The fourth-order valence-corrected chi connectivity index (χ4v) is 6.06. The van der Waals surface area contributed by atoms with Crippen LogP contribution < -0.4 is 10.1 Å². The lowest BCUT2D eigenvalue weighted by Crippen LogP contribution is -2.39. The molecule has 2 unspecified atom stereocenters. The second-order valence-electron chi connectivity index (χ2n) is 10.9. The zero-order chi connectivity index (χ0) is 26.2. The Morgan fingerprint density at radius 1 is 1.14 bits per heavy atom. The Morgan fingerprint density at radius 3 is 2.59 bits per heavy atom. The van der Waals surface area contributed by atoms with E-state index in [1.165, 1.54) is 6.07 Å². The van der Waals surface area contributed by atoms with E-state index in [9.17, 15) is 22.4 Å². The Bertz CT molecular complexity index is 1370. The van der Waals surface area contributed by atoms with Crippen LogP contribution in [0.1, 0.15) is 54.2 Å². The van der Waals surface area contributed by atoms with Gasteiger partial charge < -0.3 is 15.0 Å². The summed E-state index contributed by atoms with van der Waals surface area (Å²) in [6.07, 6.45) is -1.82. The topological polar surface area (TPSA) is 59.4 Å². The maximum absolute atomic E-state index is 14.4. The molecule has 6 rings (SSSR count). The fraction of sp³-hybridized carbons (Fsp3) is 0.407. The predicted octanol–water partition coefficient (Wildman–Crippen LogP) is 5.63. The molecule has 0 spiro atoms. The zero-order valence-electron chi connectivity index (χ0n) is 20.3. The molecule has 0 radical (unpaired) electrons. The predicted molar refractivity (Wildman–Crippen MR) is 128 cm³/mol. The van der Waals surface area contributed by atoms with Gasteiger partial charge >= 0.3 is 6.36 Å². The number of aromatic nitrogens is 2. The molecular formula is C27H26F4N4O2. The van der Waals surface area contributed by atoms with Crippen LogP contribution >= 0.6 is 0 Å². The first-order valence-electron chi connectivity index (χ1n) is 12.2. The number of halogens is 4. The molecule has 1 N–H and O–H groups in total. The van der Waals surface area contributed by atoms with E-state index in [1.54, 1.807) is 11.1 Å². The normalized spacial score (nSPS) is 25.7. The second kappa shape index (κ2) is 7.97. The third kappa shape index (κ3) is 4.02. The minimum atomic E-state index is -4.97. The summed E-state index contributed by atoms with van der Waals surface area (Å²) in [6.45, 7) is 5.05. The van der Waals surface area contributed by atoms with Gasteiger partial charge in [-0.25, -0.2) is 9.07 Å². The lowest BCUT2D eigenvalue weighted by atomic mass is 9.89. The third-order valence-electron chi connectivity index (χ3n) is 7.96. The Morgan fingerprint density at radius 2 is 1.89 bits per heavy atom. The summed E-state index contributed by atoms with van der Waals surface area (Å²) >= 11 is 0. The molecule has 10 heteroatoms. The van der Waals surface area contributed by atoms with Crippen LogP contribution in [-0.4, -0.2) is 40.0 Å². The van der Waals surface area contributed by atoms with Gasteiger partial charge in [-0.15, -0.1) is 13.2 Å². The van der Waals surface area contributed by atoms with Crippen LogP contribution in [0.3, 0.4) is 0 Å². The highest BCUT2D eigenvalue weighted by atomic mass is 19.4. The summed E-state index contributed by atoms with van der Waals surface area (Å²) in [5.74, 6) is -1.29. The fourth-order valence-electron chi connectivity index (χ4n) is 6.06. The number of likely N-dealkylation sites (tertiary alicyclic amines) is 1. The van der Waals surface area contributed by atoms with Crippen LogP contribution in [-0.2, 0) is 11.0 Å². The maximum atomic E-state index is 14.4. The number of fused-ring (bicyclic) bond motifs is 2. The van der Waals surface area contributed by atoms with Gasteiger partial charge in [0.2, 0.25) is 0 Å². The van der Waals surface area contributed by atoms with E-state index in [2.05, 4.69) is 41.1 Å². The van der Waals surface area contributed by atoms with Gasteiger partial charge in [-0.2, -0.15) is 5.10 Å². The number of nitrogens with one attached hydrogen (secondary N) is 1. The summed E-state index contributed by atoms with van der Waals surface area (Å²) < 4.78 is 57.6. The molecule has 1 aliphatic carbocycles. The molecule has 6 nitrogen and oxygen atoms in total. The molecule has 1 amide bonds. The van der Waals surface area contributed by atoms with Crippen LogP contribution in [0.25, 0.3) is 0 Å². The summed E-state index contributed by atoms with van der Waals surface area (Å²) in [5.41, 5.74) is 1.42. The molecule has 3 heterocycles. The van der Waals surface area contributed by atoms with E-state index < -0.39 is 23.3 Å². The first kappa shape index (κ1) is 23.8. The Labute approximate surface area is 211 Å². The highest BCUT2D eigenvalue weighted by Gasteiger charge is 2.62. The second-order valence-corrected chi connectivity index (χ2v) is 10.9. The van der Waals surface area contributed by atoms with E-state index in [-0.39, 0.29) is 23.4 Å². The van der Waals surface area contributed by atoms with Crippen molar-refractivity contribution in [3.05, 3.63) is 77.2 Å². The number of amides is 1. The van der Waals surface area contributed by atoms with Crippen molar-refractivity contribution in [2.75, 3.05) is 18.4 Å². The molecule has 1 aromatic heterocycles. The van der Waals surface area contributed by atoms with Crippen molar-refractivity contribution in [2.45, 2.75) is 50.0 Å². The smallest absolute Gasteiger partial charge is 0.403 e. The van der Waals surface area contributed by atoms with E-state index in [4.69, 9.17) is 0 Å². The lowest BCUT2D eigenvalue weighted by Gasteiger charge is -2.38. The Balaban J connectivity index is 1.24. The first-order valence-corrected chi connectivity index (χ1v) is 12.2. The summed E-state index contributed by atoms with van der Waals surface area (Å²) in [6, 6.07) is 13.7. The van der Waals surface area contributed by atoms with E-state index in [0.717, 1.165) is 30.5 Å². The van der Waals surface area contributed by atoms with Crippen molar-refractivity contribution in [3.63, 3.8) is 0 Å². The number of piperidine rings is 1. The van der Waals surface area contributed by atoms with E-state index in [1.807, 2.05) is 22.9 Å². The molecule has 3 aromatic rings. The molecule has 2 aromatic carbocycles. The molecular weight excluding hydrogens is 488 g/mol. The highest BCUT2D eigenvalue weighted by molar-refractivity contribution is 5.99. The van der Waals surface area contributed by atoms with Gasteiger partial charge in [-0.1, -0.05) is 36.4 Å². The van der Waals surface area contributed by atoms with Crippen molar-refractivity contribution in [1.29, 1.82) is 0 Å². The van der Waals surface area contributed by atoms with Crippen LogP contribution in [0.5, 0.6) is 5.75 Å². The number of rotatable bonds is 4. The van der Waals surface area contributed by atoms with Crippen molar-refractivity contribution >= 4 is 11.7 Å². The van der Waals surface area contributed by atoms with Crippen LogP contribution in [0.2, 0.25) is 0 Å². The SMILES string of the molecule is CC1(C)C[C@H](c2ccccc2)Nc2c(C(=O)N3CC4CC4(c4ccc(OC(F)(F)F)c(F)c4)C3)cnn21. The quantitative estimate of drug-likeness (QED) is 0.459. The minimum absolute atomic E-state index is 0.0191. The van der Waals surface area contributed by atoms with Crippen LogP contribution in [0, 0.1) is 11.7 Å². The van der Waals surface area contributed by atoms with Crippen LogP contribution in [0.15, 0.2) is 54.7 Å². The number of ether oxygens (including phenoxy) is 1. The number of hydrogen-bond acceptors (Lipinski definition) is 4. The molecule has 3 aliphatic rings. The number of carbonyl (C=O) groups excluding carboxylic acids is 1. The molecule has 1 saturated heterocycles. The van der Waals surface area contributed by atoms with Gasteiger partial charge in [0.05, 0.1) is 17.8 Å². The van der Waals surface area contributed by atoms with Crippen molar-refractivity contribution in [2.24, 2.45) is 5.92 Å². The molecule has 2 fully saturated rings. The highest BCUT2D eigenvalue weighted by Crippen LogP contribution is 2.59. The Hall–Kier alpha value is -3.56. The lowest BCUT2D eigenvalue weighted by molar-refractivity contribution is -0.275. The van der Waals surface area contributed by atoms with Crippen molar-refractivity contribution < 1.29 is 27.1 Å². The Kier molecular flexibility index (Phi) is 5.13. The number of benzene rings is 2. The van der Waals surface area contributed by atoms with Gasteiger partial charge in [0.25, 0.3) is 5.91 Å². The standard InChI is InChI=1S/C27H26F4N4O2/c1-25(2)12-21(16-6-4-3-5-7-16)33-23-19(13-32-35(23)25)24(36)34-14-18-11-26(18,15-34)17-8-9-22(20(28)10-17)37-27(29,30)31/h3-10,13,18,21,33H,11-12,14-15H2,1-2H3/t18?,21-,26?/m1/s1. The van der Waals surface area contributed by atoms with Gasteiger partial charge in [-0.3, -0.25) is 4.79 Å². The van der Waals surface area contributed by atoms with Gasteiger partial charge in [0.1, 0.15) is 11.4 Å². The van der Waals surface area contributed by atoms with Crippen molar-refractivity contribution in [1.82, 2.24) is 14.7 Å². The largest absolute Gasteiger partial charge is 0.573 e. The molecule has 3 atom stereocenters. The maximum Gasteiger partial charge on any atom is 0.573 e. The van der Waals surface area contributed by atoms with Crippen molar-refractivity contribution in [3.8, 4) is 5.75 Å². The number of alkyl halides is 3. The minimum Gasteiger partial charge on any atom is -0.403 e. The number of nitrogens with zero attached hydrogens (tertiary/aromatic N) is 3. The number of carbonyl (C=O) groups is 1. The summed E-state index contributed by atoms with van der Waals surface area (Å²) in [4.78, 5) is 15.4. The zero-order valence-corrected chi connectivity index (χ0v) is 20.3. The van der Waals surface area contributed by atoms with Gasteiger partial charge in [0.15, 0.2) is 11.6 Å². The first-order chi connectivity index (χ1) is 17.5. The van der Waals surface area contributed by atoms with Gasteiger partial charge in [0, 0.05) is 18.5 Å². The molecule has 1 saturated carbocycles. The number of hydrogen-bond donors (Lipinski definition) is 1. The van der Waals surface area contributed by atoms with E-state index in [0.29, 0.717) is 30.0 Å². The molecule has 194 valence electrons.